The van der Waals surface area contributed by atoms with Crippen LogP contribution in [0.2, 0.25) is 0 Å². The maximum atomic E-state index is 9.51. The number of hydrogen-bond donors (Lipinski definition) is 2. The second kappa shape index (κ2) is 7.97. The van der Waals surface area contributed by atoms with E-state index < -0.39 is 0 Å². The largest absolute Gasteiger partial charge is 0.394 e. The second-order valence-electron chi connectivity index (χ2n) is 8.77. The smallest absolute Gasteiger partial charge is 0.104 e. The van der Waals surface area contributed by atoms with Crippen LogP contribution in [0.25, 0.3) is 0 Å². The number of aliphatic hydroxyl groups excluding tert-OH is 1. The van der Waals surface area contributed by atoms with Crippen LogP contribution in [0.4, 0.5) is 0 Å². The van der Waals surface area contributed by atoms with Crippen molar-refractivity contribution < 1.29 is 14.6 Å². The van der Waals surface area contributed by atoms with Gasteiger partial charge in [0.1, 0.15) is 6.10 Å². The lowest BCUT2D eigenvalue weighted by molar-refractivity contribution is -0.130. The molecule has 0 amide bonds. The van der Waals surface area contributed by atoms with Crippen LogP contribution in [0.15, 0.2) is 18.2 Å². The first-order valence-electron chi connectivity index (χ1n) is 10.4. The summed E-state index contributed by atoms with van der Waals surface area (Å²) in [7, 11) is 0. The van der Waals surface area contributed by atoms with Crippen LogP contribution < -0.4 is 5.73 Å². The first-order valence-corrected chi connectivity index (χ1v) is 10.4. The van der Waals surface area contributed by atoms with Crippen LogP contribution >= 0.6 is 0 Å². The van der Waals surface area contributed by atoms with Crippen LogP contribution in [-0.4, -0.2) is 43.2 Å². The minimum absolute atomic E-state index is 0.105. The highest BCUT2D eigenvalue weighted by Gasteiger charge is 2.36. The molecule has 2 aliphatic carbocycles. The molecule has 4 rings (SSSR count). The van der Waals surface area contributed by atoms with Gasteiger partial charge in [0, 0.05) is 12.1 Å². The Bertz CT molecular complexity index is 615. The van der Waals surface area contributed by atoms with Gasteiger partial charge in [0.05, 0.1) is 19.8 Å². The molecule has 0 bridgehead atoms. The van der Waals surface area contributed by atoms with E-state index in [2.05, 4.69) is 18.2 Å². The fraction of sp³-hybridized carbons (Fsp3) is 0.727. The molecular formula is C22H33NO3. The fourth-order valence-corrected chi connectivity index (χ4v) is 4.87. The third-order valence-corrected chi connectivity index (χ3v) is 6.71. The lowest BCUT2D eigenvalue weighted by Gasteiger charge is -2.28. The summed E-state index contributed by atoms with van der Waals surface area (Å²) in [6, 6.07) is 7.10. The summed E-state index contributed by atoms with van der Waals surface area (Å²) in [5, 5.41) is 9.51. The van der Waals surface area contributed by atoms with Gasteiger partial charge >= 0.3 is 0 Å². The molecule has 1 saturated carbocycles. The number of ether oxygens (including phenoxy) is 2. The van der Waals surface area contributed by atoms with Crippen molar-refractivity contribution >= 4 is 0 Å². The molecule has 0 spiro atoms. The highest BCUT2D eigenvalue weighted by molar-refractivity contribution is 5.36. The third kappa shape index (κ3) is 4.14. The predicted octanol–water partition coefficient (Wildman–Crippen LogP) is 2.94. The molecule has 3 aliphatic rings. The molecule has 3 atom stereocenters. The Morgan fingerprint density at radius 2 is 2.12 bits per heavy atom. The van der Waals surface area contributed by atoms with E-state index in [-0.39, 0.29) is 12.1 Å². The van der Waals surface area contributed by atoms with E-state index >= 15 is 0 Å². The molecule has 1 heterocycles. The van der Waals surface area contributed by atoms with E-state index in [1.165, 1.54) is 36.8 Å². The number of rotatable bonds is 7. The Hall–Kier alpha value is -0.940. The second-order valence-corrected chi connectivity index (χ2v) is 8.77. The Morgan fingerprint density at radius 1 is 1.23 bits per heavy atom. The normalized spacial score (nSPS) is 31.6. The number of aliphatic hydroxyl groups is 1. The highest BCUT2D eigenvalue weighted by atomic mass is 16.6. The predicted molar refractivity (Wildman–Crippen MR) is 102 cm³/mol. The zero-order chi connectivity index (χ0) is 18.0. The van der Waals surface area contributed by atoms with Crippen LogP contribution in [0.5, 0.6) is 0 Å². The average Bonchev–Trinajstić information content (AvgIpc) is 3.02. The molecule has 4 heteroatoms. The van der Waals surface area contributed by atoms with Gasteiger partial charge in [-0.05, 0) is 79.9 Å². The lowest BCUT2D eigenvalue weighted by Crippen LogP contribution is -2.40. The molecule has 1 unspecified atom stereocenters. The van der Waals surface area contributed by atoms with Gasteiger partial charge in [-0.3, -0.25) is 0 Å². The fourth-order valence-electron chi connectivity index (χ4n) is 4.87. The summed E-state index contributed by atoms with van der Waals surface area (Å²) in [5.41, 5.74) is 10.4. The van der Waals surface area contributed by atoms with Crippen molar-refractivity contribution in [2.45, 2.75) is 68.9 Å². The van der Waals surface area contributed by atoms with Gasteiger partial charge in [-0.25, -0.2) is 0 Å². The quantitative estimate of drug-likeness (QED) is 0.735. The molecule has 1 aromatic carbocycles. The minimum Gasteiger partial charge on any atom is -0.394 e. The Morgan fingerprint density at radius 3 is 2.85 bits per heavy atom. The van der Waals surface area contributed by atoms with Crippen molar-refractivity contribution in [1.82, 2.24) is 0 Å². The molecule has 2 fully saturated rings. The Labute approximate surface area is 157 Å². The van der Waals surface area contributed by atoms with E-state index in [0.29, 0.717) is 12.0 Å². The lowest BCUT2D eigenvalue weighted by atomic mass is 9.80. The maximum Gasteiger partial charge on any atom is 0.104 e. The maximum absolute atomic E-state index is 9.51. The molecule has 1 saturated heterocycles. The molecule has 3 N–H and O–H groups in total. The van der Waals surface area contributed by atoms with E-state index in [1.807, 2.05) is 0 Å². The molecule has 0 aromatic heterocycles. The number of benzene rings is 1. The molecule has 1 aliphatic heterocycles. The first kappa shape index (κ1) is 18.4. The summed E-state index contributed by atoms with van der Waals surface area (Å²) >= 11 is 0. The number of aryl methyl sites for hydroxylation is 1. The summed E-state index contributed by atoms with van der Waals surface area (Å²) in [4.78, 5) is 0. The first-order chi connectivity index (χ1) is 12.6. The van der Waals surface area contributed by atoms with Crippen molar-refractivity contribution in [2.75, 3.05) is 26.4 Å². The van der Waals surface area contributed by atoms with E-state index in [4.69, 9.17) is 15.2 Å². The number of hydrogen-bond acceptors (Lipinski definition) is 4. The Balaban J connectivity index is 1.28. The van der Waals surface area contributed by atoms with Gasteiger partial charge < -0.3 is 20.3 Å². The van der Waals surface area contributed by atoms with E-state index in [9.17, 15) is 5.11 Å². The zero-order valence-electron chi connectivity index (χ0n) is 15.8. The minimum atomic E-state index is -0.362. The van der Waals surface area contributed by atoms with Crippen molar-refractivity contribution in [3.63, 3.8) is 0 Å². The average molecular weight is 360 g/mol. The van der Waals surface area contributed by atoms with Gasteiger partial charge in [0.2, 0.25) is 0 Å². The van der Waals surface area contributed by atoms with Crippen molar-refractivity contribution in [3.05, 3.63) is 34.9 Å². The molecule has 144 valence electrons. The summed E-state index contributed by atoms with van der Waals surface area (Å²) in [6.45, 7) is 2.55. The van der Waals surface area contributed by atoms with E-state index in [0.717, 1.165) is 51.4 Å². The molecular weight excluding hydrogens is 326 g/mol. The van der Waals surface area contributed by atoms with Crippen molar-refractivity contribution in [1.29, 1.82) is 0 Å². The third-order valence-electron chi connectivity index (χ3n) is 6.71. The van der Waals surface area contributed by atoms with Gasteiger partial charge in [-0.15, -0.1) is 0 Å². The molecule has 4 nitrogen and oxygen atoms in total. The van der Waals surface area contributed by atoms with Crippen LogP contribution in [-0.2, 0) is 22.3 Å². The van der Waals surface area contributed by atoms with Crippen molar-refractivity contribution in [2.24, 2.45) is 11.7 Å². The highest BCUT2D eigenvalue weighted by Crippen LogP contribution is 2.40. The summed E-state index contributed by atoms with van der Waals surface area (Å²) in [5.74, 6) is 1.31. The topological polar surface area (TPSA) is 64.7 Å². The SMILES string of the molecule is N[C@]1(CO)CC[C@H](c2ccc3c(c2)CCC(CCCOC2COC2)C3)C1. The number of nitrogens with two attached hydrogens (primary N) is 1. The molecule has 1 aromatic rings. The van der Waals surface area contributed by atoms with Crippen LogP contribution in [0.1, 0.15) is 61.1 Å². The van der Waals surface area contributed by atoms with Crippen molar-refractivity contribution in [3.8, 4) is 0 Å². The van der Waals surface area contributed by atoms with Gasteiger partial charge in [-0.2, -0.15) is 0 Å². The van der Waals surface area contributed by atoms with Gasteiger partial charge in [0.25, 0.3) is 0 Å². The zero-order valence-corrected chi connectivity index (χ0v) is 15.8. The van der Waals surface area contributed by atoms with Crippen LogP contribution in [0.3, 0.4) is 0 Å². The molecule has 26 heavy (non-hydrogen) atoms. The van der Waals surface area contributed by atoms with E-state index in [1.54, 1.807) is 5.56 Å². The standard InChI is InChI=1S/C22H33NO3/c23-22(15-24)8-7-20(12-22)19-6-5-17-10-16(3-4-18(17)11-19)2-1-9-26-21-13-25-14-21/h5-6,11,16,20-21,24H,1-4,7-10,12-15,23H2/t16?,20-,22+/m0/s1. The Kier molecular flexibility index (Phi) is 5.65. The monoisotopic (exact) mass is 359 g/mol. The molecule has 0 radical (unpaired) electrons. The van der Waals surface area contributed by atoms with Gasteiger partial charge in [-0.1, -0.05) is 18.2 Å². The number of fused-ring (bicyclic) bond motifs is 1. The summed E-state index contributed by atoms with van der Waals surface area (Å²) in [6.07, 6.45) is 9.44. The van der Waals surface area contributed by atoms with Crippen LogP contribution in [0, 0.1) is 5.92 Å². The van der Waals surface area contributed by atoms with Gasteiger partial charge in [0.15, 0.2) is 0 Å². The summed E-state index contributed by atoms with van der Waals surface area (Å²) < 4.78 is 10.9.